The highest BCUT2D eigenvalue weighted by Crippen LogP contribution is 2.32. The molecule has 8 rings (SSSR count). The summed E-state index contributed by atoms with van der Waals surface area (Å²) in [5.41, 5.74) is 7.62. The van der Waals surface area contributed by atoms with Gasteiger partial charge in [-0.3, -0.25) is 28.8 Å². The summed E-state index contributed by atoms with van der Waals surface area (Å²) in [5.74, 6) is -0.664. The van der Waals surface area contributed by atoms with E-state index in [0.29, 0.717) is 17.9 Å². The standard InChI is InChI=1S/C55H64N12O7S/c1-35-50(75-34-60-35)40-9-6-36(7-10-40)26-58-52(71)46-24-45(68)32-66(46)53(72)51(55(2,3)4)63-48(69)33-74-23-22-65-30-38(29-61-65)28-59-54(73)67(43-16-11-39(12-17-43)41-13-21-49(70)64(5)31-41)44-18-14-42(15-19-44)62-47-20-8-37(25-56)27-57-47/h6-13,16-17,20-21,27,29-31,34,42,44-46,51,68H,14-15,18-19,22-24,26,28,32-33H2,1-5H3,(H,57,62)(H,58,71)(H,59,73)(H,63,69)/t42?,44?,45-,46+,51-/m1/s1. The van der Waals surface area contributed by atoms with Crippen molar-refractivity contribution < 1.29 is 29.0 Å². The number of ether oxygens (including phenoxy) is 1. The Hall–Kier alpha value is -7.73. The lowest BCUT2D eigenvalue weighted by Gasteiger charge is -2.37. The van der Waals surface area contributed by atoms with Crippen LogP contribution in [0.3, 0.4) is 0 Å². The molecular weight excluding hydrogens is 973 g/mol. The van der Waals surface area contributed by atoms with Gasteiger partial charge in [0.05, 0.1) is 47.1 Å². The second kappa shape index (κ2) is 24.1. The lowest BCUT2D eigenvalue weighted by atomic mass is 9.85. The minimum Gasteiger partial charge on any atom is -0.391 e. The Balaban J connectivity index is 0.819. The van der Waals surface area contributed by atoms with Gasteiger partial charge in [0.2, 0.25) is 23.3 Å². The van der Waals surface area contributed by atoms with Crippen molar-refractivity contribution >= 4 is 46.6 Å². The van der Waals surface area contributed by atoms with Crippen LogP contribution >= 0.6 is 11.3 Å². The molecule has 5 amide bonds. The van der Waals surface area contributed by atoms with Gasteiger partial charge >= 0.3 is 6.03 Å². The average Bonchev–Trinajstić information content (AvgIpc) is 4.17. The smallest absolute Gasteiger partial charge is 0.322 e. The van der Waals surface area contributed by atoms with E-state index in [4.69, 9.17) is 10.00 Å². The number of anilines is 2. The Morgan fingerprint density at radius 3 is 2.28 bits per heavy atom. The highest BCUT2D eigenvalue weighted by Gasteiger charge is 2.44. The van der Waals surface area contributed by atoms with E-state index in [1.54, 1.807) is 71.6 Å². The number of carbonyl (C=O) groups excluding carboxylic acids is 4. The third-order valence-corrected chi connectivity index (χ3v) is 14.6. The predicted octanol–water partition coefficient (Wildman–Crippen LogP) is 5.91. The number of benzene rings is 2. The summed E-state index contributed by atoms with van der Waals surface area (Å²) in [6.45, 7) is 7.94. The molecule has 1 aliphatic heterocycles. The van der Waals surface area contributed by atoms with Gasteiger partial charge < -0.3 is 40.6 Å². The molecule has 2 fully saturated rings. The molecule has 0 bridgehead atoms. The third-order valence-electron chi connectivity index (χ3n) is 13.6. The molecule has 20 heteroatoms. The van der Waals surface area contributed by atoms with Crippen LogP contribution in [0, 0.1) is 23.7 Å². The van der Waals surface area contributed by atoms with E-state index in [1.807, 2.05) is 81.1 Å². The molecule has 1 saturated heterocycles. The fraction of sp³-hybridized carbons (Fsp3) is 0.400. The van der Waals surface area contributed by atoms with Gasteiger partial charge in [-0.2, -0.15) is 10.4 Å². The number of hydrogen-bond donors (Lipinski definition) is 5. The quantitative estimate of drug-likeness (QED) is 0.0632. The van der Waals surface area contributed by atoms with Crippen LogP contribution in [0.5, 0.6) is 0 Å². The van der Waals surface area contributed by atoms with E-state index in [2.05, 4.69) is 42.4 Å². The Morgan fingerprint density at radius 2 is 1.61 bits per heavy atom. The molecule has 0 unspecified atom stereocenters. The van der Waals surface area contributed by atoms with Crippen molar-refractivity contribution in [3.8, 4) is 27.6 Å². The van der Waals surface area contributed by atoms with E-state index in [1.165, 1.54) is 15.5 Å². The lowest BCUT2D eigenvalue weighted by molar-refractivity contribution is -0.144. The normalized spacial score (nSPS) is 17.9. The molecule has 0 radical (unpaired) electrons. The number of urea groups is 1. The number of β-amino-alcohol motifs (C(OH)–C–C–N with tert-alkyl or cyclic N) is 1. The highest BCUT2D eigenvalue weighted by atomic mass is 32.1. The molecule has 1 saturated carbocycles. The molecule has 2 aromatic carbocycles. The number of pyridine rings is 2. The van der Waals surface area contributed by atoms with Gasteiger partial charge in [0.1, 0.15) is 30.6 Å². The summed E-state index contributed by atoms with van der Waals surface area (Å²) in [6.07, 6.45) is 9.05. The Bertz CT molecular complexity index is 3040. The van der Waals surface area contributed by atoms with Crippen molar-refractivity contribution in [2.24, 2.45) is 12.5 Å². The van der Waals surface area contributed by atoms with Crippen LogP contribution in [0.4, 0.5) is 16.3 Å². The van der Waals surface area contributed by atoms with Crippen molar-refractivity contribution in [1.29, 1.82) is 5.26 Å². The van der Waals surface area contributed by atoms with Gasteiger partial charge in [0, 0.05) is 81.1 Å². The highest BCUT2D eigenvalue weighted by molar-refractivity contribution is 7.13. The monoisotopic (exact) mass is 1040 g/mol. The van der Waals surface area contributed by atoms with Crippen LogP contribution in [0.1, 0.15) is 75.3 Å². The lowest BCUT2D eigenvalue weighted by Crippen LogP contribution is -2.58. The summed E-state index contributed by atoms with van der Waals surface area (Å²) in [5, 5.41) is 36.6. The zero-order valence-electron chi connectivity index (χ0n) is 42.9. The average molecular weight is 1040 g/mol. The topological polar surface area (TPSA) is 242 Å². The summed E-state index contributed by atoms with van der Waals surface area (Å²) < 4.78 is 8.93. The largest absolute Gasteiger partial charge is 0.391 e. The summed E-state index contributed by atoms with van der Waals surface area (Å²) in [7, 11) is 1.71. The van der Waals surface area contributed by atoms with Crippen molar-refractivity contribution in [3.05, 3.63) is 136 Å². The number of aryl methyl sites for hydroxylation is 2. The number of likely N-dealkylation sites (tertiary alicyclic amines) is 1. The van der Waals surface area contributed by atoms with E-state index >= 15 is 0 Å². The molecule has 2 aliphatic rings. The van der Waals surface area contributed by atoms with Gasteiger partial charge in [-0.05, 0) is 90.6 Å². The van der Waals surface area contributed by atoms with Gasteiger partial charge in [-0.15, -0.1) is 11.3 Å². The first-order valence-corrected chi connectivity index (χ1v) is 26.0. The number of aliphatic hydroxyl groups excluding tert-OH is 1. The van der Waals surface area contributed by atoms with Gasteiger partial charge in [0.25, 0.3) is 0 Å². The SMILES string of the molecule is Cc1ncsc1-c1ccc(CNC(=O)[C@@H]2C[C@@H](O)CN2C(=O)[C@@H](NC(=O)COCCn2cc(CNC(=O)N(c3ccc(-c4ccc(=O)n(C)c4)cc3)C3CCC(Nc4ccc(C#N)cn4)CC3)cn2)C(C)(C)C)cc1. The van der Waals surface area contributed by atoms with Crippen molar-refractivity contribution in [3.63, 3.8) is 0 Å². The number of nitriles is 1. The number of aliphatic hydroxyl groups is 1. The molecule has 6 aromatic rings. The van der Waals surface area contributed by atoms with Crippen LogP contribution in [-0.2, 0) is 45.8 Å². The number of rotatable bonds is 18. The third kappa shape index (κ3) is 13.7. The maximum atomic E-state index is 14.2. The van der Waals surface area contributed by atoms with Crippen LogP contribution in [-0.4, -0.2) is 108 Å². The number of nitrogens with zero attached hydrogens (tertiary/aromatic N) is 8. The van der Waals surface area contributed by atoms with E-state index in [-0.39, 0.29) is 68.9 Å². The van der Waals surface area contributed by atoms with E-state index in [9.17, 15) is 29.1 Å². The molecule has 75 heavy (non-hydrogen) atoms. The Morgan fingerprint density at radius 1 is 0.893 bits per heavy atom. The summed E-state index contributed by atoms with van der Waals surface area (Å²) >= 11 is 1.56. The number of hydrogen-bond acceptors (Lipinski definition) is 13. The van der Waals surface area contributed by atoms with Crippen molar-refractivity contribution in [1.82, 2.24) is 45.2 Å². The molecule has 0 spiro atoms. The number of nitrogens with one attached hydrogen (secondary N) is 4. The zero-order valence-corrected chi connectivity index (χ0v) is 43.7. The van der Waals surface area contributed by atoms with E-state index < -0.39 is 35.4 Å². The van der Waals surface area contributed by atoms with Crippen LogP contribution in [0.2, 0.25) is 0 Å². The number of thiazole rings is 1. The van der Waals surface area contributed by atoms with E-state index in [0.717, 1.165) is 69.8 Å². The Kier molecular flexibility index (Phi) is 17.2. The van der Waals surface area contributed by atoms with Crippen molar-refractivity contribution in [2.75, 3.05) is 30.0 Å². The molecule has 19 nitrogen and oxygen atoms in total. The first-order valence-electron chi connectivity index (χ1n) is 25.1. The molecule has 392 valence electrons. The number of amides is 5. The number of carbonyl (C=O) groups is 4. The first-order chi connectivity index (χ1) is 36.0. The second-order valence-electron chi connectivity index (χ2n) is 20.2. The van der Waals surface area contributed by atoms with Crippen LogP contribution in [0.25, 0.3) is 21.6 Å². The second-order valence-corrected chi connectivity index (χ2v) is 21.1. The molecule has 3 atom stereocenters. The maximum Gasteiger partial charge on any atom is 0.322 e. The van der Waals surface area contributed by atoms with Gasteiger partial charge in [-0.1, -0.05) is 57.2 Å². The van der Waals surface area contributed by atoms with Crippen molar-refractivity contribution in [2.45, 2.75) is 110 Å². The molecule has 4 aromatic heterocycles. The minimum atomic E-state index is -1.01. The molecule has 1 aliphatic carbocycles. The minimum absolute atomic E-state index is 0.0406. The fourth-order valence-electron chi connectivity index (χ4n) is 9.49. The molecule has 5 heterocycles. The molecule has 5 N–H and O–H groups in total. The molecular formula is C55H64N12O7S. The van der Waals surface area contributed by atoms with Crippen LogP contribution in [0.15, 0.2) is 108 Å². The Labute approximate surface area is 440 Å². The first kappa shape index (κ1) is 53.6. The maximum absolute atomic E-state index is 14.2. The fourth-order valence-corrected chi connectivity index (χ4v) is 10.3. The predicted molar refractivity (Wildman–Crippen MR) is 285 cm³/mol. The number of aromatic nitrogens is 5. The zero-order chi connectivity index (χ0) is 53.2. The summed E-state index contributed by atoms with van der Waals surface area (Å²) in [4.78, 5) is 80.1. The van der Waals surface area contributed by atoms with Gasteiger partial charge in [0.15, 0.2) is 0 Å². The van der Waals surface area contributed by atoms with Gasteiger partial charge in [-0.25, -0.2) is 14.8 Å². The van der Waals surface area contributed by atoms with Crippen LogP contribution < -0.4 is 31.7 Å². The summed E-state index contributed by atoms with van der Waals surface area (Å²) in [6, 6.07) is 22.4.